The highest BCUT2D eigenvalue weighted by Gasteiger charge is 2.65. The number of fused-ring (bicyclic) bond motifs is 13. The Labute approximate surface area is 261 Å². The van der Waals surface area contributed by atoms with Gasteiger partial charge in [-0.25, -0.2) is 4.79 Å². The average Bonchev–Trinajstić information content (AvgIpc) is 3.70. The summed E-state index contributed by atoms with van der Waals surface area (Å²) in [5.41, 5.74) is 2.65. The maximum absolute atomic E-state index is 13.7. The molecular weight excluding hydrogens is 583 g/mol. The first-order chi connectivity index (χ1) is 21.9. The van der Waals surface area contributed by atoms with Gasteiger partial charge < -0.3 is 29.0 Å². The maximum atomic E-state index is 13.7. The highest BCUT2D eigenvalue weighted by atomic mass is 32.2. The monoisotopic (exact) mass is 621 g/mol. The topological polar surface area (TPSA) is 94.7 Å². The van der Waals surface area contributed by atoms with Crippen molar-refractivity contribution in [2.75, 3.05) is 18.5 Å². The Morgan fingerprint density at radius 2 is 1.77 bits per heavy atom. The van der Waals surface area contributed by atoms with Crippen LogP contribution in [0.5, 0.6) is 0 Å². The predicted molar refractivity (Wildman–Crippen MR) is 173 cm³/mol. The summed E-state index contributed by atoms with van der Waals surface area (Å²) in [6.45, 7) is 6.19. The molecule has 5 heterocycles. The summed E-state index contributed by atoms with van der Waals surface area (Å²) in [4.78, 5) is 27.4. The van der Waals surface area contributed by atoms with E-state index in [4.69, 9.17) is 13.6 Å². The smallest absolute Gasteiger partial charge is 0.343 e. The first kappa shape index (κ1) is 24.2. The number of carbonyl (C=O) groups excluding carboxylic acids is 2. The molecule has 3 aromatic carbocycles. The summed E-state index contributed by atoms with van der Waals surface area (Å²) in [5, 5.41) is 18.9. The molecule has 222 valence electrons. The molecule has 10 heteroatoms. The van der Waals surface area contributed by atoms with Gasteiger partial charge in [-0.2, -0.15) is 23.5 Å². The van der Waals surface area contributed by atoms with Crippen LogP contribution in [0.1, 0.15) is 64.6 Å². The number of nitrogens with one attached hydrogen (secondary N) is 1. The van der Waals surface area contributed by atoms with Gasteiger partial charge in [-0.05, 0) is 59.4 Å². The van der Waals surface area contributed by atoms with Gasteiger partial charge in [0.25, 0.3) is 5.91 Å². The quantitative estimate of drug-likeness (QED) is 0.210. The van der Waals surface area contributed by atoms with Gasteiger partial charge in [0.1, 0.15) is 6.23 Å². The van der Waals surface area contributed by atoms with Gasteiger partial charge in [0.05, 0.1) is 38.8 Å². The summed E-state index contributed by atoms with van der Waals surface area (Å²) in [6, 6.07) is 12.3. The van der Waals surface area contributed by atoms with Crippen LogP contribution in [-0.2, 0) is 38.0 Å². The molecule has 0 aliphatic carbocycles. The summed E-state index contributed by atoms with van der Waals surface area (Å²) >= 11 is 3.61. The Balaban J connectivity index is 1.56. The lowest BCUT2D eigenvalue weighted by Gasteiger charge is -2.37. The fourth-order valence-corrected chi connectivity index (χ4v) is 8.86. The number of esters is 1. The minimum Gasteiger partial charge on any atom is -0.467 e. The highest BCUT2D eigenvalue weighted by molar-refractivity contribution is 7.98. The number of methoxy groups -OCH3 is 1. The SMILES string of the molecule is [3H]C([3H])([3H])OC(=O)[C@@]1(O)C[C@H]2O[C@]1(C)n1c3ccc(CSCC)cc3c3c4c(c5c6cc(CSCC)ccc6n2c5c31)C(=O)NC4. The maximum Gasteiger partial charge on any atom is 0.343 e. The Morgan fingerprint density at radius 1 is 1.09 bits per heavy atom. The Hall–Kier alpha value is -3.18. The average molecular weight is 622 g/mol. The number of hydrogen-bond acceptors (Lipinski definition) is 7. The fourth-order valence-electron chi connectivity index (χ4n) is 7.62. The number of rotatable bonds is 7. The van der Waals surface area contributed by atoms with E-state index in [1.807, 2.05) is 39.1 Å². The van der Waals surface area contributed by atoms with E-state index in [0.717, 1.165) is 77.8 Å². The molecule has 0 spiro atoms. The van der Waals surface area contributed by atoms with Crippen molar-refractivity contribution in [3.05, 3.63) is 58.7 Å². The minimum absolute atomic E-state index is 0.137. The molecule has 3 aliphatic heterocycles. The van der Waals surface area contributed by atoms with Crippen LogP contribution in [0.15, 0.2) is 36.4 Å². The second kappa shape index (κ2) is 9.41. The second-order valence-corrected chi connectivity index (χ2v) is 14.2. The number of amides is 1. The second-order valence-electron chi connectivity index (χ2n) is 11.7. The lowest BCUT2D eigenvalue weighted by Crippen LogP contribution is -2.56. The van der Waals surface area contributed by atoms with E-state index in [1.54, 1.807) is 18.7 Å². The van der Waals surface area contributed by atoms with Crippen molar-refractivity contribution in [3.63, 3.8) is 0 Å². The third-order valence-electron chi connectivity index (χ3n) is 9.52. The number of nitrogens with zero attached hydrogens (tertiary/aromatic N) is 2. The number of hydrogen-bond donors (Lipinski definition) is 2. The van der Waals surface area contributed by atoms with Crippen LogP contribution in [0.3, 0.4) is 0 Å². The van der Waals surface area contributed by atoms with E-state index in [2.05, 4.69) is 37.4 Å². The first-order valence-corrected chi connectivity index (χ1v) is 16.9. The summed E-state index contributed by atoms with van der Waals surface area (Å²) < 4.78 is 38.5. The highest BCUT2D eigenvalue weighted by Crippen LogP contribution is 2.58. The molecule has 0 unspecified atom stereocenters. The molecule has 0 radical (unpaired) electrons. The zero-order chi connectivity index (χ0) is 32.3. The van der Waals surface area contributed by atoms with E-state index in [-0.39, 0.29) is 12.3 Å². The molecule has 2 aromatic heterocycles. The zero-order valence-electron chi connectivity index (χ0n) is 27.1. The van der Waals surface area contributed by atoms with Crippen molar-refractivity contribution in [2.45, 2.75) is 62.8 Å². The third-order valence-corrected chi connectivity index (χ3v) is 11.4. The number of aliphatic hydroxyl groups is 1. The molecule has 3 atom stereocenters. The van der Waals surface area contributed by atoms with Crippen molar-refractivity contribution in [2.24, 2.45) is 0 Å². The Kier molecular flexibility index (Phi) is 5.29. The van der Waals surface area contributed by atoms with Crippen LogP contribution >= 0.6 is 23.5 Å². The summed E-state index contributed by atoms with van der Waals surface area (Å²) in [6.07, 6.45) is -1.12. The normalized spacial score (nSPS) is 25.3. The molecule has 5 aromatic rings. The predicted octanol–water partition coefficient (Wildman–Crippen LogP) is 6.16. The van der Waals surface area contributed by atoms with Crippen molar-refractivity contribution in [3.8, 4) is 0 Å². The summed E-state index contributed by atoms with van der Waals surface area (Å²) in [7, 11) is -3.05. The Morgan fingerprint density at radius 3 is 2.44 bits per heavy atom. The molecule has 1 amide bonds. The molecule has 8 rings (SSSR count). The van der Waals surface area contributed by atoms with Gasteiger partial charge in [-0.1, -0.05) is 26.0 Å². The minimum atomic E-state index is -3.05. The molecule has 1 saturated heterocycles. The summed E-state index contributed by atoms with van der Waals surface area (Å²) in [5.74, 6) is 2.13. The lowest BCUT2D eigenvalue weighted by molar-refractivity contribution is -0.202. The van der Waals surface area contributed by atoms with Gasteiger partial charge in [-0.15, -0.1) is 0 Å². The van der Waals surface area contributed by atoms with Crippen molar-refractivity contribution in [1.29, 1.82) is 0 Å². The molecule has 43 heavy (non-hydrogen) atoms. The van der Waals surface area contributed by atoms with E-state index in [9.17, 15) is 14.7 Å². The van der Waals surface area contributed by atoms with Crippen LogP contribution in [0.25, 0.3) is 43.6 Å². The molecule has 3 aliphatic rings. The van der Waals surface area contributed by atoms with Crippen LogP contribution in [-0.4, -0.2) is 50.3 Å². The number of thioether (sulfide) groups is 2. The van der Waals surface area contributed by atoms with Gasteiger partial charge in [-0.3, -0.25) is 4.79 Å². The molecular formula is C33H33N3O5S2. The van der Waals surface area contributed by atoms with E-state index in [1.165, 1.54) is 0 Å². The van der Waals surface area contributed by atoms with Crippen molar-refractivity contribution < 1.29 is 28.3 Å². The molecule has 0 saturated carbocycles. The van der Waals surface area contributed by atoms with Gasteiger partial charge in [0, 0.05) is 46.0 Å². The lowest BCUT2D eigenvalue weighted by atomic mass is 9.88. The number of aromatic nitrogens is 2. The molecule has 8 nitrogen and oxygen atoms in total. The largest absolute Gasteiger partial charge is 0.467 e. The first-order valence-electron chi connectivity index (χ1n) is 16.1. The van der Waals surface area contributed by atoms with Gasteiger partial charge >= 0.3 is 5.97 Å². The van der Waals surface area contributed by atoms with Crippen LogP contribution < -0.4 is 5.32 Å². The zero-order valence-corrected chi connectivity index (χ0v) is 25.7. The van der Waals surface area contributed by atoms with Crippen LogP contribution in [0.2, 0.25) is 0 Å². The van der Waals surface area contributed by atoms with Crippen LogP contribution in [0.4, 0.5) is 0 Å². The Bertz CT molecular complexity index is 2160. The number of carbonyl (C=O) groups is 2. The van der Waals surface area contributed by atoms with E-state index < -0.39 is 30.6 Å². The van der Waals surface area contributed by atoms with Gasteiger partial charge in [0.15, 0.2) is 5.72 Å². The molecule has 1 fully saturated rings. The van der Waals surface area contributed by atoms with Crippen molar-refractivity contribution in [1.82, 2.24) is 14.5 Å². The molecule has 2 bridgehead atoms. The van der Waals surface area contributed by atoms with Crippen molar-refractivity contribution >= 4 is 79.0 Å². The van der Waals surface area contributed by atoms with E-state index >= 15 is 0 Å². The third kappa shape index (κ3) is 3.38. The molecule has 2 N–H and O–H groups in total. The van der Waals surface area contributed by atoms with Crippen LogP contribution in [0, 0.1) is 0 Å². The standard InChI is InChI=1S/C33H33N3O5S2/c1-5-42-15-17-7-9-22-19(11-17)26-27-21(14-34-30(27)37)25-20-12-18(16-43-6-2)8-10-23(20)36-29(25)28(26)35(22)24-13-33(39,31(38)40-4)32(36,3)41-24/h7-12,24,39H,5-6,13-16H2,1-4H3,(H,34,37)/t24-,32+,33+/m1/s1/i4T3. The fraction of sp³-hybridized carbons (Fsp3) is 0.394. The number of benzene rings is 3. The van der Waals surface area contributed by atoms with E-state index in [0.29, 0.717) is 17.6 Å². The number of ether oxygens (including phenoxy) is 2. The van der Waals surface area contributed by atoms with Gasteiger partial charge in [0.2, 0.25) is 5.60 Å².